The molecule has 46 valence electrons. The summed E-state index contributed by atoms with van der Waals surface area (Å²) in [6.07, 6.45) is 0.820. The van der Waals surface area contributed by atoms with Gasteiger partial charge in [0.05, 0.1) is 6.61 Å². The number of hydrogen-bond acceptors (Lipinski definition) is 2. The van der Waals surface area contributed by atoms with Gasteiger partial charge in [0, 0.05) is 0 Å². The van der Waals surface area contributed by atoms with Crippen molar-refractivity contribution < 1.29 is 9.53 Å². The lowest BCUT2D eigenvalue weighted by atomic mass is 10.8. The zero-order chi connectivity index (χ0) is 6.41. The average molecular weight is 115 g/mol. The van der Waals surface area contributed by atoms with E-state index in [9.17, 15) is 4.79 Å². The molecule has 0 atom stereocenters. The molecule has 3 nitrogen and oxygen atoms in total. The van der Waals surface area contributed by atoms with Crippen LogP contribution in [0.2, 0.25) is 0 Å². The van der Waals surface area contributed by atoms with Crippen LogP contribution in [-0.2, 0) is 4.74 Å². The average Bonchev–Trinajstić information content (AvgIpc) is 1.68. The number of ether oxygens (including phenoxy) is 1. The number of carbonyl (C=O) groups excluding carboxylic acids is 1. The van der Waals surface area contributed by atoms with Crippen molar-refractivity contribution >= 4 is 6.09 Å². The Hall–Kier alpha value is -0.990. The van der Waals surface area contributed by atoms with Gasteiger partial charge in [-0.3, -0.25) is 5.32 Å². The van der Waals surface area contributed by atoms with Gasteiger partial charge in [0.1, 0.15) is 0 Å². The Morgan fingerprint density at radius 3 is 3.00 bits per heavy atom. The molecule has 0 unspecified atom stereocenters. The van der Waals surface area contributed by atoms with Gasteiger partial charge < -0.3 is 4.74 Å². The number of hydrogen-bond donors (Lipinski definition) is 1. The largest absolute Gasteiger partial charge is 0.450 e. The van der Waals surface area contributed by atoms with Crippen LogP contribution >= 0.6 is 0 Å². The van der Waals surface area contributed by atoms with Gasteiger partial charge in [-0.1, -0.05) is 6.58 Å². The van der Waals surface area contributed by atoms with Crippen molar-refractivity contribution in [3.05, 3.63) is 12.8 Å². The topological polar surface area (TPSA) is 38.3 Å². The molecule has 0 fully saturated rings. The number of rotatable bonds is 2. The molecule has 0 spiro atoms. The van der Waals surface area contributed by atoms with Crippen molar-refractivity contribution in [2.45, 2.75) is 6.92 Å². The highest BCUT2D eigenvalue weighted by Crippen LogP contribution is 1.73. The summed E-state index contributed by atoms with van der Waals surface area (Å²) in [5.41, 5.74) is 0. The standard InChI is InChI=1S/C5H9NO2/c1-3-6-5(7)8-4-2/h3H,1,4H2,2H3,(H,6,7). The summed E-state index contributed by atoms with van der Waals surface area (Å²) in [6.45, 7) is 5.40. The molecule has 1 N–H and O–H groups in total. The third kappa shape index (κ3) is 3.21. The molecule has 0 saturated heterocycles. The fourth-order valence-corrected chi connectivity index (χ4v) is 0.256. The minimum atomic E-state index is -0.456. The van der Waals surface area contributed by atoms with E-state index in [4.69, 9.17) is 0 Å². The number of nitrogens with one attached hydrogen (secondary N) is 1. The molecular weight excluding hydrogens is 106 g/mol. The summed E-state index contributed by atoms with van der Waals surface area (Å²) in [7, 11) is 0. The van der Waals surface area contributed by atoms with Crippen LogP contribution in [0.1, 0.15) is 6.92 Å². The van der Waals surface area contributed by atoms with Gasteiger partial charge in [-0.2, -0.15) is 0 Å². The second-order valence-corrected chi connectivity index (χ2v) is 1.07. The van der Waals surface area contributed by atoms with Gasteiger partial charge in [0.2, 0.25) is 0 Å². The lowest BCUT2D eigenvalue weighted by Crippen LogP contribution is -2.17. The van der Waals surface area contributed by atoms with Crippen molar-refractivity contribution in [3.8, 4) is 0 Å². The van der Waals surface area contributed by atoms with Gasteiger partial charge >= 0.3 is 6.09 Å². The van der Waals surface area contributed by atoms with E-state index < -0.39 is 6.09 Å². The Morgan fingerprint density at radius 2 is 2.62 bits per heavy atom. The molecule has 0 aromatic carbocycles. The molecule has 8 heavy (non-hydrogen) atoms. The molecule has 0 aromatic heterocycles. The fourth-order valence-electron chi connectivity index (χ4n) is 0.256. The maximum atomic E-state index is 10.2. The normalized spacial score (nSPS) is 7.62. The Balaban J connectivity index is 3.18. The van der Waals surface area contributed by atoms with E-state index in [2.05, 4.69) is 16.6 Å². The highest BCUT2D eigenvalue weighted by molar-refractivity contribution is 5.68. The fraction of sp³-hybridized carbons (Fsp3) is 0.400. The zero-order valence-electron chi connectivity index (χ0n) is 4.81. The lowest BCUT2D eigenvalue weighted by molar-refractivity contribution is 0.156. The number of alkyl carbamates (subject to hydrolysis) is 1. The van der Waals surface area contributed by atoms with Gasteiger partial charge in [0.15, 0.2) is 0 Å². The lowest BCUT2D eigenvalue weighted by Gasteiger charge is -1.96. The van der Waals surface area contributed by atoms with Crippen molar-refractivity contribution in [2.75, 3.05) is 6.61 Å². The zero-order valence-corrected chi connectivity index (χ0v) is 4.81. The Kier molecular flexibility index (Phi) is 3.66. The Labute approximate surface area is 48.3 Å². The van der Waals surface area contributed by atoms with Crippen LogP contribution in [0.4, 0.5) is 4.79 Å². The van der Waals surface area contributed by atoms with Crippen LogP contribution in [0.5, 0.6) is 0 Å². The summed E-state index contributed by atoms with van der Waals surface area (Å²) in [5, 5.41) is 2.25. The molecule has 0 rings (SSSR count). The van der Waals surface area contributed by atoms with Crippen LogP contribution < -0.4 is 5.32 Å². The minimum Gasteiger partial charge on any atom is -0.450 e. The molecule has 0 saturated carbocycles. The molecule has 0 radical (unpaired) electrons. The van der Waals surface area contributed by atoms with Crippen molar-refractivity contribution in [1.29, 1.82) is 0 Å². The predicted molar refractivity (Wildman–Crippen MR) is 30.4 cm³/mol. The monoisotopic (exact) mass is 115 g/mol. The number of amides is 1. The van der Waals surface area contributed by atoms with Gasteiger partial charge in [-0.15, -0.1) is 0 Å². The van der Waals surface area contributed by atoms with Crippen LogP contribution in [0.15, 0.2) is 12.8 Å². The second-order valence-electron chi connectivity index (χ2n) is 1.07. The summed E-state index contributed by atoms with van der Waals surface area (Å²) in [5.74, 6) is 0. The molecule has 0 aromatic rings. The maximum absolute atomic E-state index is 10.2. The van der Waals surface area contributed by atoms with E-state index in [1.807, 2.05) is 0 Å². The quantitative estimate of drug-likeness (QED) is 0.580. The summed E-state index contributed by atoms with van der Waals surface area (Å²) in [4.78, 5) is 10.2. The van der Waals surface area contributed by atoms with Crippen LogP contribution in [0, 0.1) is 0 Å². The van der Waals surface area contributed by atoms with E-state index in [1.165, 1.54) is 6.20 Å². The smallest absolute Gasteiger partial charge is 0.411 e. The molecular formula is C5H9NO2. The second kappa shape index (κ2) is 4.18. The summed E-state index contributed by atoms with van der Waals surface area (Å²) < 4.78 is 4.46. The molecule has 1 amide bonds. The highest BCUT2D eigenvalue weighted by atomic mass is 16.5. The van der Waals surface area contributed by atoms with Crippen LogP contribution in [0.25, 0.3) is 0 Å². The van der Waals surface area contributed by atoms with E-state index in [0.29, 0.717) is 6.61 Å². The van der Waals surface area contributed by atoms with Gasteiger partial charge in [0.25, 0.3) is 0 Å². The van der Waals surface area contributed by atoms with Gasteiger partial charge in [-0.25, -0.2) is 4.79 Å². The highest BCUT2D eigenvalue weighted by Gasteiger charge is 1.91. The van der Waals surface area contributed by atoms with Crippen LogP contribution in [0.3, 0.4) is 0 Å². The maximum Gasteiger partial charge on any atom is 0.411 e. The van der Waals surface area contributed by atoms with E-state index in [0.717, 1.165) is 0 Å². The SMILES string of the molecule is C=CNC(=O)OCC. The third-order valence-corrected chi connectivity index (χ3v) is 0.495. The van der Waals surface area contributed by atoms with E-state index >= 15 is 0 Å². The summed E-state index contributed by atoms with van der Waals surface area (Å²) >= 11 is 0. The predicted octanol–water partition coefficient (Wildman–Crippen LogP) is 0.876. The Morgan fingerprint density at radius 1 is 2.00 bits per heavy atom. The first-order valence-corrected chi connectivity index (χ1v) is 2.35. The molecule has 0 aliphatic heterocycles. The molecule has 0 aliphatic carbocycles. The third-order valence-electron chi connectivity index (χ3n) is 0.495. The van der Waals surface area contributed by atoms with E-state index in [1.54, 1.807) is 6.92 Å². The molecule has 0 bridgehead atoms. The van der Waals surface area contributed by atoms with Gasteiger partial charge in [-0.05, 0) is 13.1 Å². The molecule has 3 heteroatoms. The van der Waals surface area contributed by atoms with Crippen molar-refractivity contribution in [3.63, 3.8) is 0 Å². The minimum absolute atomic E-state index is 0.389. The van der Waals surface area contributed by atoms with E-state index in [-0.39, 0.29) is 0 Å². The summed E-state index contributed by atoms with van der Waals surface area (Å²) in [6, 6.07) is 0. The van der Waals surface area contributed by atoms with Crippen molar-refractivity contribution in [1.82, 2.24) is 5.32 Å². The first kappa shape index (κ1) is 7.01. The van der Waals surface area contributed by atoms with Crippen molar-refractivity contribution in [2.24, 2.45) is 0 Å². The Bertz CT molecular complexity index is 90.4. The number of carbonyl (C=O) groups is 1. The van der Waals surface area contributed by atoms with Crippen LogP contribution in [-0.4, -0.2) is 12.7 Å². The molecule has 0 heterocycles. The first-order valence-electron chi connectivity index (χ1n) is 2.35. The first-order chi connectivity index (χ1) is 3.81. The molecule has 0 aliphatic rings.